The molecular formula is C19H16N2O5. The molecule has 132 valence electrons. The fourth-order valence-electron chi connectivity index (χ4n) is 2.95. The van der Waals surface area contributed by atoms with E-state index in [0.29, 0.717) is 16.8 Å². The molecule has 0 radical (unpaired) electrons. The van der Waals surface area contributed by atoms with Gasteiger partial charge in [0.25, 0.3) is 0 Å². The van der Waals surface area contributed by atoms with Crippen LogP contribution in [0.3, 0.4) is 0 Å². The molecule has 0 saturated heterocycles. The van der Waals surface area contributed by atoms with Crippen molar-refractivity contribution >= 4 is 29.3 Å². The third-order valence-electron chi connectivity index (χ3n) is 4.07. The van der Waals surface area contributed by atoms with E-state index in [1.807, 2.05) is 12.1 Å². The molecule has 0 bridgehead atoms. The Labute approximate surface area is 149 Å². The summed E-state index contributed by atoms with van der Waals surface area (Å²) in [5, 5.41) is 13.9. The van der Waals surface area contributed by atoms with E-state index >= 15 is 0 Å². The van der Waals surface area contributed by atoms with Crippen LogP contribution in [0, 0.1) is 0 Å². The first-order valence-corrected chi connectivity index (χ1v) is 7.94. The van der Waals surface area contributed by atoms with E-state index < -0.39 is 30.2 Å². The van der Waals surface area contributed by atoms with Crippen molar-refractivity contribution < 1.29 is 24.3 Å². The molecule has 0 aliphatic heterocycles. The Balaban J connectivity index is 1.78. The van der Waals surface area contributed by atoms with E-state index in [1.54, 1.807) is 30.3 Å². The number of carboxylic acids is 1. The average molecular weight is 352 g/mol. The molecule has 2 aromatic carbocycles. The lowest BCUT2D eigenvalue weighted by Gasteiger charge is -2.13. The third kappa shape index (κ3) is 3.32. The first-order chi connectivity index (χ1) is 12.4. The lowest BCUT2D eigenvalue weighted by atomic mass is 10.1. The number of fused-ring (bicyclic) bond motifs is 3. The summed E-state index contributed by atoms with van der Waals surface area (Å²) in [5.74, 6) is -2.43. The van der Waals surface area contributed by atoms with Crippen LogP contribution in [0.5, 0.6) is 0 Å². The maximum atomic E-state index is 12.4. The number of rotatable bonds is 5. The van der Waals surface area contributed by atoms with Crippen molar-refractivity contribution in [3.63, 3.8) is 0 Å². The minimum absolute atomic E-state index is 0.0647. The summed E-state index contributed by atoms with van der Waals surface area (Å²) in [6, 6.07) is 10.8. The maximum Gasteiger partial charge on any atom is 0.326 e. The highest BCUT2D eigenvalue weighted by atomic mass is 16.4. The zero-order valence-electron chi connectivity index (χ0n) is 13.9. The van der Waals surface area contributed by atoms with Gasteiger partial charge in [0, 0.05) is 23.7 Å². The smallest absolute Gasteiger partial charge is 0.326 e. The predicted molar refractivity (Wildman–Crippen MR) is 93.8 cm³/mol. The number of ketones is 1. The molecule has 3 N–H and O–H groups in total. The topological polar surface area (TPSA) is 113 Å². The van der Waals surface area contributed by atoms with Gasteiger partial charge in [0.05, 0.1) is 6.42 Å². The number of anilines is 1. The molecule has 0 spiro atoms. The Hall–Kier alpha value is -3.48. The fourth-order valence-corrected chi connectivity index (χ4v) is 2.95. The quantitative estimate of drug-likeness (QED) is 0.648. The van der Waals surface area contributed by atoms with Gasteiger partial charge in [0.2, 0.25) is 11.8 Å². The van der Waals surface area contributed by atoms with Crippen LogP contribution in [0.2, 0.25) is 0 Å². The summed E-state index contributed by atoms with van der Waals surface area (Å²) < 4.78 is 0. The van der Waals surface area contributed by atoms with Gasteiger partial charge in [0.15, 0.2) is 5.78 Å². The van der Waals surface area contributed by atoms with Gasteiger partial charge in [-0.2, -0.15) is 0 Å². The van der Waals surface area contributed by atoms with Crippen LogP contribution in [0.25, 0.3) is 11.1 Å². The molecule has 0 aromatic heterocycles. The highest BCUT2D eigenvalue weighted by Gasteiger charge is 2.27. The highest BCUT2D eigenvalue weighted by molar-refractivity contribution is 6.22. The Morgan fingerprint density at radius 1 is 1.00 bits per heavy atom. The summed E-state index contributed by atoms with van der Waals surface area (Å²) >= 11 is 0. The maximum absolute atomic E-state index is 12.4. The summed E-state index contributed by atoms with van der Waals surface area (Å²) in [4.78, 5) is 46.6. The van der Waals surface area contributed by atoms with Crippen molar-refractivity contribution in [2.75, 3.05) is 5.32 Å². The van der Waals surface area contributed by atoms with Gasteiger partial charge in [-0.05, 0) is 29.3 Å². The highest BCUT2D eigenvalue weighted by Crippen LogP contribution is 2.37. The second kappa shape index (κ2) is 6.79. The molecule has 26 heavy (non-hydrogen) atoms. The third-order valence-corrected chi connectivity index (χ3v) is 4.07. The van der Waals surface area contributed by atoms with E-state index in [2.05, 4.69) is 10.6 Å². The number of aliphatic carboxylic acids is 1. The van der Waals surface area contributed by atoms with Crippen molar-refractivity contribution in [1.29, 1.82) is 0 Å². The first-order valence-electron chi connectivity index (χ1n) is 7.94. The van der Waals surface area contributed by atoms with Crippen LogP contribution in [0.4, 0.5) is 5.69 Å². The molecule has 1 aliphatic rings. The van der Waals surface area contributed by atoms with E-state index in [0.717, 1.165) is 11.1 Å². The molecule has 0 unspecified atom stereocenters. The minimum Gasteiger partial charge on any atom is -0.480 e. The van der Waals surface area contributed by atoms with Crippen LogP contribution in [0.1, 0.15) is 29.3 Å². The van der Waals surface area contributed by atoms with Crippen molar-refractivity contribution in [3.8, 4) is 11.1 Å². The van der Waals surface area contributed by atoms with Crippen LogP contribution in [0.15, 0.2) is 42.5 Å². The number of amides is 2. The molecule has 0 fully saturated rings. The number of hydrogen-bond acceptors (Lipinski definition) is 4. The molecule has 0 saturated carbocycles. The van der Waals surface area contributed by atoms with Crippen molar-refractivity contribution in [3.05, 3.63) is 53.6 Å². The molecule has 0 heterocycles. The number of hydrogen-bond donors (Lipinski definition) is 3. The van der Waals surface area contributed by atoms with Crippen molar-refractivity contribution in [2.45, 2.75) is 19.4 Å². The Bertz CT molecular complexity index is 935. The van der Waals surface area contributed by atoms with Gasteiger partial charge < -0.3 is 15.7 Å². The lowest BCUT2D eigenvalue weighted by Crippen LogP contribution is -2.42. The number of carboxylic acid groups (broad SMARTS) is 1. The van der Waals surface area contributed by atoms with Gasteiger partial charge in [-0.1, -0.05) is 24.3 Å². The zero-order chi connectivity index (χ0) is 18.8. The predicted octanol–water partition coefficient (Wildman–Crippen LogP) is 1.82. The molecule has 1 aliphatic carbocycles. The Morgan fingerprint density at radius 2 is 1.65 bits per heavy atom. The first kappa shape index (κ1) is 17.3. The van der Waals surface area contributed by atoms with E-state index in [9.17, 15) is 19.2 Å². The lowest BCUT2D eigenvalue weighted by molar-refractivity contribution is -0.142. The van der Waals surface area contributed by atoms with Crippen molar-refractivity contribution in [2.24, 2.45) is 0 Å². The van der Waals surface area contributed by atoms with Gasteiger partial charge in [-0.3, -0.25) is 14.4 Å². The van der Waals surface area contributed by atoms with E-state index in [-0.39, 0.29) is 5.78 Å². The minimum atomic E-state index is -1.30. The van der Waals surface area contributed by atoms with E-state index in [1.165, 1.54) is 6.92 Å². The van der Waals surface area contributed by atoms with Crippen molar-refractivity contribution in [1.82, 2.24) is 5.32 Å². The summed E-state index contributed by atoms with van der Waals surface area (Å²) in [6.07, 6.45) is -0.401. The van der Waals surface area contributed by atoms with Gasteiger partial charge in [-0.15, -0.1) is 0 Å². The molecule has 3 rings (SSSR count). The standard InChI is InChI=1S/C19H16N2O5/c1-10(22)20-16(19(25)26)9-17(23)21-11-6-7-14-15(8-11)12-4-2-3-5-13(12)18(14)24/h2-8,16H,9H2,1H3,(H,20,22)(H,21,23)(H,25,26)/t16-/m1/s1. The molecule has 7 nitrogen and oxygen atoms in total. The number of benzene rings is 2. The fraction of sp³-hybridized carbons (Fsp3) is 0.158. The van der Waals surface area contributed by atoms with Crippen LogP contribution >= 0.6 is 0 Å². The average Bonchev–Trinajstić information content (AvgIpc) is 2.87. The monoisotopic (exact) mass is 352 g/mol. The second-order valence-corrected chi connectivity index (χ2v) is 5.98. The largest absolute Gasteiger partial charge is 0.480 e. The van der Waals surface area contributed by atoms with Crippen LogP contribution in [-0.4, -0.2) is 34.7 Å². The summed E-state index contributed by atoms with van der Waals surface area (Å²) in [6.45, 7) is 1.18. The normalized spacial score (nSPS) is 12.7. The van der Waals surface area contributed by atoms with E-state index in [4.69, 9.17) is 5.11 Å². The molecule has 1 atom stereocenters. The summed E-state index contributed by atoms with van der Waals surface area (Å²) in [5.41, 5.74) is 3.14. The summed E-state index contributed by atoms with van der Waals surface area (Å²) in [7, 11) is 0. The number of nitrogens with one attached hydrogen (secondary N) is 2. The second-order valence-electron chi connectivity index (χ2n) is 5.98. The zero-order valence-corrected chi connectivity index (χ0v) is 13.9. The molecule has 2 aromatic rings. The Kier molecular flexibility index (Phi) is 4.53. The van der Waals surface area contributed by atoms with Gasteiger partial charge in [0.1, 0.15) is 6.04 Å². The molecule has 7 heteroatoms. The number of carbonyl (C=O) groups excluding carboxylic acids is 3. The molecule has 2 amide bonds. The van der Waals surface area contributed by atoms with Crippen LogP contribution < -0.4 is 10.6 Å². The SMILES string of the molecule is CC(=O)N[C@H](CC(=O)Nc1ccc2c(c1)-c1ccccc1C2=O)C(=O)O. The van der Waals surface area contributed by atoms with Crippen LogP contribution in [-0.2, 0) is 14.4 Å². The molecular weight excluding hydrogens is 336 g/mol. The van der Waals surface area contributed by atoms with Gasteiger partial charge >= 0.3 is 5.97 Å². The Morgan fingerprint density at radius 3 is 2.31 bits per heavy atom. The van der Waals surface area contributed by atoms with Gasteiger partial charge in [-0.25, -0.2) is 4.79 Å². The number of carbonyl (C=O) groups is 4.